The Bertz CT molecular complexity index is 1040. The van der Waals surface area contributed by atoms with Crippen LogP contribution in [0.3, 0.4) is 0 Å². The Hall–Kier alpha value is -2.03. The number of hydrogen-bond acceptors (Lipinski definition) is 5. The quantitative estimate of drug-likeness (QED) is 0.715. The van der Waals surface area contributed by atoms with Crippen LogP contribution in [0.1, 0.15) is 24.6 Å². The van der Waals surface area contributed by atoms with Crippen LogP contribution in [-0.2, 0) is 16.4 Å². The zero-order valence-corrected chi connectivity index (χ0v) is 15.6. The molecule has 0 unspecified atom stereocenters. The van der Waals surface area contributed by atoms with Gasteiger partial charge in [-0.1, -0.05) is 37.3 Å². The van der Waals surface area contributed by atoms with E-state index in [0.717, 1.165) is 5.56 Å². The van der Waals surface area contributed by atoms with Crippen LogP contribution in [0.5, 0.6) is 0 Å². The minimum absolute atomic E-state index is 0.217. The van der Waals surface area contributed by atoms with Gasteiger partial charge in [-0.25, -0.2) is 18.1 Å². The van der Waals surface area contributed by atoms with Gasteiger partial charge in [0.1, 0.15) is 0 Å². The molecule has 0 aliphatic carbocycles. The standard InChI is InChI=1S/C17H19N3O3S2/c1-3-14(11-13-7-5-4-6-8-13)19-25(22,23)15-12(2)18-17-20(16(15)21)9-10-24-17/h4-10,14,19H,3,11H2,1-2H3/t14-/m0/s1. The van der Waals surface area contributed by atoms with Crippen LogP contribution in [0.2, 0.25) is 0 Å². The van der Waals surface area contributed by atoms with Gasteiger partial charge in [0.25, 0.3) is 5.56 Å². The molecule has 2 heterocycles. The van der Waals surface area contributed by atoms with E-state index in [4.69, 9.17) is 0 Å². The van der Waals surface area contributed by atoms with E-state index in [1.54, 1.807) is 12.3 Å². The van der Waals surface area contributed by atoms with E-state index in [1.807, 2.05) is 37.3 Å². The number of fused-ring (bicyclic) bond motifs is 1. The molecule has 0 aliphatic heterocycles. The molecule has 0 amide bonds. The highest BCUT2D eigenvalue weighted by Crippen LogP contribution is 2.15. The molecule has 3 aromatic rings. The Morgan fingerprint density at radius 1 is 1.28 bits per heavy atom. The zero-order chi connectivity index (χ0) is 18.0. The molecule has 0 radical (unpaired) electrons. The molecule has 132 valence electrons. The normalized spacial score (nSPS) is 13.2. The lowest BCUT2D eigenvalue weighted by Crippen LogP contribution is -2.39. The van der Waals surface area contributed by atoms with Gasteiger partial charge in [0.2, 0.25) is 10.0 Å². The van der Waals surface area contributed by atoms with E-state index in [2.05, 4.69) is 9.71 Å². The van der Waals surface area contributed by atoms with Crippen molar-refractivity contribution in [1.82, 2.24) is 14.1 Å². The molecule has 6 nitrogen and oxygen atoms in total. The van der Waals surface area contributed by atoms with Gasteiger partial charge in [0.15, 0.2) is 9.86 Å². The first-order chi connectivity index (χ1) is 11.9. The first-order valence-corrected chi connectivity index (χ1v) is 10.3. The second kappa shape index (κ2) is 7.07. The number of rotatable bonds is 6. The number of aryl methyl sites for hydroxylation is 1. The summed E-state index contributed by atoms with van der Waals surface area (Å²) in [6.45, 7) is 3.46. The maximum Gasteiger partial charge on any atom is 0.279 e. The third-order valence-electron chi connectivity index (χ3n) is 4.00. The largest absolute Gasteiger partial charge is 0.279 e. The highest BCUT2D eigenvalue weighted by Gasteiger charge is 2.26. The van der Waals surface area contributed by atoms with E-state index < -0.39 is 15.6 Å². The van der Waals surface area contributed by atoms with Gasteiger partial charge in [-0.15, -0.1) is 11.3 Å². The van der Waals surface area contributed by atoms with Crippen LogP contribution in [0, 0.1) is 6.92 Å². The zero-order valence-electron chi connectivity index (χ0n) is 14.0. The summed E-state index contributed by atoms with van der Waals surface area (Å²) in [7, 11) is -3.96. The van der Waals surface area contributed by atoms with Crippen molar-refractivity contribution < 1.29 is 8.42 Å². The van der Waals surface area contributed by atoms with Crippen LogP contribution >= 0.6 is 11.3 Å². The summed E-state index contributed by atoms with van der Waals surface area (Å²) in [5, 5.41) is 1.71. The van der Waals surface area contributed by atoms with E-state index in [1.165, 1.54) is 21.9 Å². The molecule has 3 rings (SSSR count). The predicted molar refractivity (Wildman–Crippen MR) is 98.6 cm³/mol. The molecule has 0 bridgehead atoms. The number of hydrogen-bond donors (Lipinski definition) is 1. The molecule has 0 aliphatic rings. The van der Waals surface area contributed by atoms with E-state index in [-0.39, 0.29) is 16.6 Å². The minimum atomic E-state index is -3.96. The predicted octanol–water partition coefficient (Wildman–Crippen LogP) is 2.36. The van der Waals surface area contributed by atoms with E-state index in [0.29, 0.717) is 17.8 Å². The van der Waals surface area contributed by atoms with Gasteiger partial charge in [0, 0.05) is 17.6 Å². The Labute approximate surface area is 150 Å². The van der Waals surface area contributed by atoms with Crippen LogP contribution in [0.25, 0.3) is 4.96 Å². The minimum Gasteiger partial charge on any atom is -0.267 e. The highest BCUT2D eigenvalue weighted by atomic mass is 32.2. The Morgan fingerprint density at radius 2 is 2.00 bits per heavy atom. The third kappa shape index (κ3) is 3.65. The molecule has 8 heteroatoms. The molecule has 25 heavy (non-hydrogen) atoms. The fourth-order valence-corrected chi connectivity index (χ4v) is 5.04. The van der Waals surface area contributed by atoms with E-state index >= 15 is 0 Å². The average Bonchev–Trinajstić information content (AvgIpc) is 3.03. The first-order valence-electron chi connectivity index (χ1n) is 7.95. The molecular weight excluding hydrogens is 358 g/mol. The lowest BCUT2D eigenvalue weighted by Gasteiger charge is -2.17. The number of thiazole rings is 1. The van der Waals surface area contributed by atoms with E-state index in [9.17, 15) is 13.2 Å². The van der Waals surface area contributed by atoms with Crippen molar-refractivity contribution in [2.75, 3.05) is 0 Å². The van der Waals surface area contributed by atoms with Crippen LogP contribution in [0.15, 0.2) is 51.6 Å². The lowest BCUT2D eigenvalue weighted by atomic mass is 10.1. The van der Waals surface area contributed by atoms with Crippen molar-refractivity contribution in [1.29, 1.82) is 0 Å². The van der Waals surface area contributed by atoms with Gasteiger partial charge >= 0.3 is 0 Å². The molecular formula is C17H19N3O3S2. The number of nitrogens with one attached hydrogen (secondary N) is 1. The maximum atomic E-state index is 12.8. The molecule has 1 atom stereocenters. The number of benzene rings is 1. The number of nitrogens with zero attached hydrogens (tertiary/aromatic N) is 2. The van der Waals surface area contributed by atoms with Crippen LogP contribution < -0.4 is 10.3 Å². The Morgan fingerprint density at radius 3 is 2.68 bits per heavy atom. The second-order valence-electron chi connectivity index (χ2n) is 5.80. The van der Waals surface area contributed by atoms with Crippen molar-refractivity contribution in [2.24, 2.45) is 0 Å². The molecule has 0 saturated carbocycles. The summed E-state index contributed by atoms with van der Waals surface area (Å²) >= 11 is 1.29. The highest BCUT2D eigenvalue weighted by molar-refractivity contribution is 7.89. The van der Waals surface area contributed by atoms with Crippen LogP contribution in [0.4, 0.5) is 0 Å². The third-order valence-corrected chi connectivity index (χ3v) is 6.41. The Balaban J connectivity index is 1.94. The fourth-order valence-electron chi connectivity index (χ4n) is 2.72. The van der Waals surface area contributed by atoms with Gasteiger partial charge in [-0.2, -0.15) is 0 Å². The summed E-state index contributed by atoms with van der Waals surface area (Å²) in [5.41, 5.74) is 0.692. The summed E-state index contributed by atoms with van der Waals surface area (Å²) in [6.07, 6.45) is 2.71. The molecule has 0 saturated heterocycles. The van der Waals surface area contributed by atoms with Crippen molar-refractivity contribution in [3.8, 4) is 0 Å². The molecule has 0 spiro atoms. The smallest absolute Gasteiger partial charge is 0.267 e. The summed E-state index contributed by atoms with van der Waals surface area (Å²) < 4.78 is 29.6. The van der Waals surface area contributed by atoms with Gasteiger partial charge in [-0.3, -0.25) is 9.20 Å². The molecule has 2 aromatic heterocycles. The molecule has 1 aromatic carbocycles. The summed E-state index contributed by atoms with van der Waals surface area (Å²) in [5.74, 6) is 0. The van der Waals surface area contributed by atoms with Crippen molar-refractivity contribution in [2.45, 2.75) is 37.6 Å². The maximum absolute atomic E-state index is 12.8. The van der Waals surface area contributed by atoms with Crippen LogP contribution in [-0.4, -0.2) is 23.8 Å². The van der Waals surface area contributed by atoms with Crippen molar-refractivity contribution >= 4 is 26.3 Å². The first kappa shape index (κ1) is 17.8. The topological polar surface area (TPSA) is 80.5 Å². The average molecular weight is 377 g/mol. The lowest BCUT2D eigenvalue weighted by molar-refractivity contribution is 0.534. The monoisotopic (exact) mass is 377 g/mol. The molecule has 1 N–H and O–H groups in total. The fraction of sp³-hybridized carbons (Fsp3) is 0.294. The summed E-state index contributed by atoms with van der Waals surface area (Å²) in [6, 6.07) is 9.37. The number of aromatic nitrogens is 2. The Kier molecular flexibility index (Phi) is 5.03. The molecule has 0 fully saturated rings. The van der Waals surface area contributed by atoms with Crippen molar-refractivity contribution in [3.05, 3.63) is 63.5 Å². The van der Waals surface area contributed by atoms with Crippen molar-refractivity contribution in [3.63, 3.8) is 0 Å². The van der Waals surface area contributed by atoms with Gasteiger partial charge < -0.3 is 0 Å². The van der Waals surface area contributed by atoms with Gasteiger partial charge in [-0.05, 0) is 25.3 Å². The number of sulfonamides is 1. The van der Waals surface area contributed by atoms with Gasteiger partial charge in [0.05, 0.1) is 5.69 Å². The second-order valence-corrected chi connectivity index (χ2v) is 8.33. The summed E-state index contributed by atoms with van der Waals surface area (Å²) in [4.78, 5) is 17.0. The SMILES string of the molecule is CC[C@@H](Cc1ccccc1)NS(=O)(=O)c1c(C)nc2sccn2c1=O.